The minimum absolute atomic E-state index is 0.000785. The van der Waals surface area contributed by atoms with Gasteiger partial charge in [0, 0.05) is 20.1 Å². The highest BCUT2D eigenvalue weighted by molar-refractivity contribution is 7.47. The molecule has 1 aliphatic heterocycles. The maximum absolute atomic E-state index is 12.1. The molecule has 0 saturated carbocycles. The van der Waals surface area contributed by atoms with E-state index in [1.54, 1.807) is 7.11 Å². The van der Waals surface area contributed by atoms with Crippen molar-refractivity contribution in [3.8, 4) is 0 Å². The Morgan fingerprint density at radius 3 is 1.86 bits per heavy atom. The first-order valence-electron chi connectivity index (χ1n) is 14.8. The van der Waals surface area contributed by atoms with Crippen LogP contribution in [-0.2, 0) is 23.1 Å². The average Bonchev–Trinajstić information content (AvgIpc) is 3.25. The van der Waals surface area contributed by atoms with Crippen molar-refractivity contribution < 1.29 is 33.1 Å². The number of hydrogen-bond donors (Lipinski definition) is 4. The molecule has 1 aliphatic rings. The van der Waals surface area contributed by atoms with Gasteiger partial charge in [0.1, 0.15) is 6.10 Å². The molecule has 0 aromatic rings. The van der Waals surface area contributed by atoms with E-state index in [0.717, 1.165) is 71.1 Å². The monoisotopic (exact) mass is 552 g/mol. The first-order chi connectivity index (χ1) is 18.0. The van der Waals surface area contributed by atoms with E-state index in [2.05, 4.69) is 10.6 Å². The van der Waals surface area contributed by atoms with Crippen LogP contribution in [0.2, 0.25) is 0 Å². The second-order valence-electron chi connectivity index (χ2n) is 10.3. The largest absolute Gasteiger partial charge is 0.472 e. The molecule has 0 bridgehead atoms. The second-order valence-corrected chi connectivity index (χ2v) is 11.7. The van der Waals surface area contributed by atoms with Crippen LogP contribution < -0.4 is 10.6 Å². The maximum atomic E-state index is 12.1. The van der Waals surface area contributed by atoms with Crippen LogP contribution >= 0.6 is 7.82 Å². The van der Waals surface area contributed by atoms with E-state index in [-0.39, 0.29) is 31.5 Å². The molecule has 4 atom stereocenters. The summed E-state index contributed by atoms with van der Waals surface area (Å²) in [5, 5.41) is 15.7. The molecule has 1 saturated heterocycles. The standard InChI is InChI=1S/C27H57N2O7P/c1-25-23-26(33-2)27(36-25)24-35-37(31,32)34-22-15-11-9-7-5-3-4-6-8-10-12-17-28-19-16-20-29-18-13-14-21-30/h25-30H,3-24H2,1-2H3,(H,31,32). The van der Waals surface area contributed by atoms with E-state index in [1.807, 2.05) is 6.92 Å². The Morgan fingerprint density at radius 1 is 0.784 bits per heavy atom. The van der Waals surface area contributed by atoms with Crippen LogP contribution in [-0.4, -0.2) is 81.4 Å². The van der Waals surface area contributed by atoms with Gasteiger partial charge in [-0.15, -0.1) is 0 Å². The minimum atomic E-state index is -4.05. The molecule has 222 valence electrons. The number of aliphatic hydroxyl groups is 1. The number of hydrogen-bond acceptors (Lipinski definition) is 8. The van der Waals surface area contributed by atoms with Gasteiger partial charge >= 0.3 is 7.82 Å². The van der Waals surface area contributed by atoms with Crippen molar-refractivity contribution in [1.82, 2.24) is 10.6 Å². The molecular formula is C27H57N2O7P. The molecular weight excluding hydrogens is 495 g/mol. The summed E-state index contributed by atoms with van der Waals surface area (Å²) < 4.78 is 33.3. The van der Waals surface area contributed by atoms with E-state index >= 15 is 0 Å². The zero-order valence-electron chi connectivity index (χ0n) is 23.7. The van der Waals surface area contributed by atoms with Crippen LogP contribution in [0, 0.1) is 0 Å². The van der Waals surface area contributed by atoms with Crippen molar-refractivity contribution in [1.29, 1.82) is 0 Å². The molecule has 4 unspecified atom stereocenters. The lowest BCUT2D eigenvalue weighted by molar-refractivity contribution is -0.0315. The van der Waals surface area contributed by atoms with Crippen LogP contribution in [0.5, 0.6) is 0 Å². The molecule has 0 aliphatic carbocycles. The maximum Gasteiger partial charge on any atom is 0.472 e. The molecule has 10 heteroatoms. The summed E-state index contributed by atoms with van der Waals surface area (Å²) in [6.45, 7) is 6.74. The van der Waals surface area contributed by atoms with Gasteiger partial charge in [0.15, 0.2) is 0 Å². The van der Waals surface area contributed by atoms with E-state index in [9.17, 15) is 9.46 Å². The number of phosphoric ester groups is 1. The van der Waals surface area contributed by atoms with Crippen molar-refractivity contribution in [3.63, 3.8) is 0 Å². The first kappa shape index (κ1) is 34.9. The van der Waals surface area contributed by atoms with Crippen molar-refractivity contribution in [2.45, 2.75) is 122 Å². The SMILES string of the molecule is COC1CC(C)OC1COP(=O)(O)OCCCCCCCCCCCCCNCCCNCCCCO. The molecule has 0 radical (unpaired) electrons. The number of methoxy groups -OCH3 is 1. The van der Waals surface area contributed by atoms with Crippen LogP contribution in [0.1, 0.15) is 103 Å². The summed E-state index contributed by atoms with van der Waals surface area (Å²) in [6.07, 6.45) is 16.7. The van der Waals surface area contributed by atoms with Crippen LogP contribution in [0.25, 0.3) is 0 Å². The highest BCUT2D eigenvalue weighted by Gasteiger charge is 2.35. The summed E-state index contributed by atoms with van der Waals surface area (Å²) >= 11 is 0. The molecule has 1 heterocycles. The summed E-state index contributed by atoms with van der Waals surface area (Å²) in [5.74, 6) is 0. The van der Waals surface area contributed by atoms with Crippen LogP contribution in [0.4, 0.5) is 0 Å². The van der Waals surface area contributed by atoms with Gasteiger partial charge in [-0.2, -0.15) is 0 Å². The lowest BCUT2D eigenvalue weighted by Crippen LogP contribution is -2.28. The fourth-order valence-corrected chi connectivity index (χ4v) is 5.36. The van der Waals surface area contributed by atoms with Gasteiger partial charge in [0.2, 0.25) is 0 Å². The third kappa shape index (κ3) is 20.5. The quantitative estimate of drug-likeness (QED) is 0.0829. The predicted octanol–water partition coefficient (Wildman–Crippen LogP) is 4.95. The molecule has 0 aromatic heterocycles. The van der Waals surface area contributed by atoms with E-state index in [4.69, 9.17) is 23.6 Å². The summed E-state index contributed by atoms with van der Waals surface area (Å²) in [4.78, 5) is 9.87. The van der Waals surface area contributed by atoms with Gasteiger partial charge in [0.05, 0.1) is 25.4 Å². The van der Waals surface area contributed by atoms with Crippen molar-refractivity contribution >= 4 is 7.82 Å². The van der Waals surface area contributed by atoms with Gasteiger partial charge in [-0.3, -0.25) is 9.05 Å². The van der Waals surface area contributed by atoms with Crippen molar-refractivity contribution in [2.75, 3.05) is 53.1 Å². The zero-order valence-corrected chi connectivity index (χ0v) is 24.6. The van der Waals surface area contributed by atoms with Crippen molar-refractivity contribution in [2.24, 2.45) is 0 Å². The van der Waals surface area contributed by atoms with Crippen molar-refractivity contribution in [3.05, 3.63) is 0 Å². The van der Waals surface area contributed by atoms with Gasteiger partial charge in [-0.1, -0.05) is 57.8 Å². The summed E-state index contributed by atoms with van der Waals surface area (Å²) in [6, 6.07) is 0. The highest BCUT2D eigenvalue weighted by atomic mass is 31.2. The van der Waals surface area contributed by atoms with Gasteiger partial charge in [-0.25, -0.2) is 4.57 Å². The average molecular weight is 553 g/mol. The Hall–Kier alpha value is -0.0900. The van der Waals surface area contributed by atoms with Gasteiger partial charge in [-0.05, 0) is 65.2 Å². The molecule has 4 N–H and O–H groups in total. The van der Waals surface area contributed by atoms with Crippen LogP contribution in [0.3, 0.4) is 0 Å². The Labute approximate surface area is 226 Å². The van der Waals surface area contributed by atoms with E-state index in [0.29, 0.717) is 6.61 Å². The Morgan fingerprint density at radius 2 is 1.30 bits per heavy atom. The number of nitrogens with one attached hydrogen (secondary N) is 2. The lowest BCUT2D eigenvalue weighted by atomic mass is 10.1. The number of ether oxygens (including phenoxy) is 2. The molecule has 0 amide bonds. The number of aliphatic hydroxyl groups excluding tert-OH is 1. The summed E-state index contributed by atoms with van der Waals surface area (Å²) in [5.41, 5.74) is 0. The number of phosphoric acid groups is 1. The third-order valence-electron chi connectivity index (χ3n) is 6.81. The molecule has 0 spiro atoms. The van der Waals surface area contributed by atoms with Gasteiger partial charge in [0.25, 0.3) is 0 Å². The molecule has 9 nitrogen and oxygen atoms in total. The van der Waals surface area contributed by atoms with E-state index < -0.39 is 7.82 Å². The Kier molecular flexibility index (Phi) is 22.4. The minimum Gasteiger partial charge on any atom is -0.396 e. The molecule has 0 aromatic carbocycles. The van der Waals surface area contributed by atoms with E-state index in [1.165, 1.54) is 51.4 Å². The fraction of sp³-hybridized carbons (Fsp3) is 1.00. The second kappa shape index (κ2) is 23.8. The van der Waals surface area contributed by atoms with Gasteiger partial charge < -0.3 is 30.1 Å². The lowest BCUT2D eigenvalue weighted by Gasteiger charge is -2.19. The first-order valence-corrected chi connectivity index (χ1v) is 16.3. The fourth-order valence-electron chi connectivity index (χ4n) is 4.59. The molecule has 1 rings (SSSR count). The topological polar surface area (TPSA) is 119 Å². The highest BCUT2D eigenvalue weighted by Crippen LogP contribution is 2.44. The molecule has 1 fully saturated rings. The summed E-state index contributed by atoms with van der Waals surface area (Å²) in [7, 11) is -2.43. The number of unbranched alkanes of at least 4 members (excludes halogenated alkanes) is 11. The smallest absolute Gasteiger partial charge is 0.396 e. The predicted molar refractivity (Wildman–Crippen MR) is 149 cm³/mol. The number of rotatable bonds is 27. The zero-order chi connectivity index (χ0) is 27.0. The van der Waals surface area contributed by atoms with Crippen LogP contribution in [0.15, 0.2) is 0 Å². The Bertz CT molecular complexity index is 559. The Balaban J connectivity index is 1.78. The molecule has 37 heavy (non-hydrogen) atoms. The normalized spacial score (nSPS) is 21.5. The third-order valence-corrected chi connectivity index (χ3v) is 7.80.